The highest BCUT2D eigenvalue weighted by molar-refractivity contribution is 14.1. The molecule has 4 heteroatoms. The number of carbonyl (C=O) groups is 1. The molecule has 0 aliphatic carbocycles. The average Bonchev–Trinajstić information content (AvgIpc) is 2.84. The first-order valence-corrected chi connectivity index (χ1v) is 8.77. The Morgan fingerprint density at radius 1 is 1.24 bits per heavy atom. The number of hydrogen-bond acceptors (Lipinski definition) is 2. The molecule has 0 saturated heterocycles. The Morgan fingerprint density at radius 2 is 1.95 bits per heavy atom. The molecule has 1 N–H and O–H groups in total. The number of halogens is 1. The summed E-state index contributed by atoms with van der Waals surface area (Å²) in [4.78, 5) is 12.4. The van der Waals surface area contributed by atoms with Gasteiger partial charge in [-0.15, -0.1) is 11.3 Å². The Morgan fingerprint density at radius 3 is 2.57 bits per heavy atom. The SMILES string of the molecule is CC(=CC(C)C)c1ccccc1NC(=O)c1ccsc1I. The summed E-state index contributed by atoms with van der Waals surface area (Å²) in [6.45, 7) is 6.39. The second kappa shape index (κ2) is 7.22. The van der Waals surface area contributed by atoms with E-state index in [1.807, 2.05) is 35.7 Å². The van der Waals surface area contributed by atoms with Gasteiger partial charge in [-0.2, -0.15) is 0 Å². The quantitative estimate of drug-likeness (QED) is 0.646. The number of para-hydroxylation sites is 1. The van der Waals surface area contributed by atoms with Crippen molar-refractivity contribution in [2.24, 2.45) is 5.92 Å². The molecule has 0 aliphatic heterocycles. The van der Waals surface area contributed by atoms with E-state index in [1.54, 1.807) is 11.3 Å². The van der Waals surface area contributed by atoms with E-state index in [9.17, 15) is 4.79 Å². The zero-order valence-corrected chi connectivity index (χ0v) is 15.3. The van der Waals surface area contributed by atoms with Gasteiger partial charge in [-0.05, 0) is 58.5 Å². The van der Waals surface area contributed by atoms with Crippen LogP contribution in [0.4, 0.5) is 5.69 Å². The molecule has 2 aromatic rings. The van der Waals surface area contributed by atoms with Gasteiger partial charge < -0.3 is 5.32 Å². The minimum Gasteiger partial charge on any atom is -0.321 e. The Bertz CT molecular complexity index is 673. The topological polar surface area (TPSA) is 29.1 Å². The lowest BCUT2D eigenvalue weighted by Gasteiger charge is -2.12. The standard InChI is InChI=1S/C17H18INOS/c1-11(2)10-12(3)13-6-4-5-7-15(13)19-17(20)14-8-9-21-16(14)18/h4-11H,1-3H3,(H,19,20). The van der Waals surface area contributed by atoms with Gasteiger partial charge in [0, 0.05) is 11.3 Å². The van der Waals surface area contributed by atoms with Crippen LogP contribution in [0.25, 0.3) is 5.57 Å². The maximum atomic E-state index is 12.4. The predicted octanol–water partition coefficient (Wildman–Crippen LogP) is 5.66. The highest BCUT2D eigenvalue weighted by Gasteiger charge is 2.13. The van der Waals surface area contributed by atoms with E-state index in [0.29, 0.717) is 5.92 Å². The monoisotopic (exact) mass is 411 g/mol. The van der Waals surface area contributed by atoms with E-state index in [1.165, 1.54) is 5.57 Å². The van der Waals surface area contributed by atoms with Crippen molar-refractivity contribution in [2.45, 2.75) is 20.8 Å². The van der Waals surface area contributed by atoms with Gasteiger partial charge in [-0.3, -0.25) is 4.79 Å². The predicted molar refractivity (Wildman–Crippen MR) is 99.9 cm³/mol. The minimum atomic E-state index is -0.0505. The van der Waals surface area contributed by atoms with Gasteiger partial charge in [-0.1, -0.05) is 38.1 Å². The summed E-state index contributed by atoms with van der Waals surface area (Å²) >= 11 is 3.77. The molecule has 21 heavy (non-hydrogen) atoms. The summed E-state index contributed by atoms with van der Waals surface area (Å²) in [6, 6.07) is 9.80. The highest BCUT2D eigenvalue weighted by atomic mass is 127. The van der Waals surface area contributed by atoms with Gasteiger partial charge in [0.1, 0.15) is 0 Å². The van der Waals surface area contributed by atoms with Crippen molar-refractivity contribution in [3.05, 3.63) is 55.8 Å². The third-order valence-electron chi connectivity index (χ3n) is 3.05. The first kappa shape index (κ1) is 16.2. The van der Waals surface area contributed by atoms with Gasteiger partial charge in [-0.25, -0.2) is 0 Å². The summed E-state index contributed by atoms with van der Waals surface area (Å²) in [5.74, 6) is 0.428. The number of nitrogens with one attached hydrogen (secondary N) is 1. The van der Waals surface area contributed by atoms with Crippen LogP contribution in [-0.4, -0.2) is 5.91 Å². The molecule has 1 aromatic carbocycles. The lowest BCUT2D eigenvalue weighted by Crippen LogP contribution is -2.13. The van der Waals surface area contributed by atoms with Crippen molar-refractivity contribution in [3.63, 3.8) is 0 Å². The summed E-state index contributed by atoms with van der Waals surface area (Å²) in [7, 11) is 0. The molecule has 2 nitrogen and oxygen atoms in total. The molecular weight excluding hydrogens is 393 g/mol. The number of rotatable bonds is 4. The van der Waals surface area contributed by atoms with E-state index in [4.69, 9.17) is 0 Å². The lowest BCUT2D eigenvalue weighted by molar-refractivity contribution is 0.102. The molecule has 1 aromatic heterocycles. The average molecular weight is 411 g/mol. The number of allylic oxidation sites excluding steroid dienone is 2. The molecule has 1 heterocycles. The van der Waals surface area contributed by atoms with Crippen molar-refractivity contribution < 1.29 is 4.79 Å². The Kier molecular flexibility index (Phi) is 5.58. The highest BCUT2D eigenvalue weighted by Crippen LogP contribution is 2.26. The van der Waals surface area contributed by atoms with Gasteiger partial charge >= 0.3 is 0 Å². The fourth-order valence-electron chi connectivity index (χ4n) is 2.17. The molecule has 0 aliphatic rings. The second-order valence-electron chi connectivity index (χ2n) is 5.20. The molecule has 110 valence electrons. The van der Waals surface area contributed by atoms with Crippen LogP contribution >= 0.6 is 33.9 Å². The van der Waals surface area contributed by atoms with Crippen LogP contribution in [0.3, 0.4) is 0 Å². The normalized spacial score (nSPS) is 11.8. The van der Waals surface area contributed by atoms with E-state index < -0.39 is 0 Å². The van der Waals surface area contributed by atoms with Gasteiger partial charge in [0.2, 0.25) is 0 Å². The Labute approximate surface area is 143 Å². The van der Waals surface area contributed by atoms with E-state index in [-0.39, 0.29) is 5.91 Å². The van der Waals surface area contributed by atoms with Crippen LogP contribution < -0.4 is 5.32 Å². The molecule has 0 fully saturated rings. The fourth-order valence-corrected chi connectivity index (χ4v) is 3.65. The number of anilines is 1. The van der Waals surface area contributed by atoms with Gasteiger partial charge in [0.05, 0.1) is 8.45 Å². The number of amides is 1. The molecule has 0 spiro atoms. The van der Waals surface area contributed by atoms with E-state index >= 15 is 0 Å². The lowest BCUT2D eigenvalue weighted by atomic mass is 10.0. The summed E-state index contributed by atoms with van der Waals surface area (Å²) in [6.07, 6.45) is 2.21. The molecule has 0 radical (unpaired) electrons. The van der Waals surface area contributed by atoms with E-state index in [2.05, 4.69) is 54.8 Å². The molecule has 0 bridgehead atoms. The number of thiophene rings is 1. The van der Waals surface area contributed by atoms with Gasteiger partial charge in [0.25, 0.3) is 5.91 Å². The third kappa shape index (κ3) is 4.17. The molecular formula is C17H18INOS. The molecule has 1 amide bonds. The van der Waals surface area contributed by atoms with Crippen molar-refractivity contribution in [2.75, 3.05) is 5.32 Å². The van der Waals surface area contributed by atoms with Crippen LogP contribution in [0.1, 0.15) is 36.7 Å². The molecule has 0 saturated carbocycles. The number of carbonyl (C=O) groups excluding carboxylic acids is 1. The maximum Gasteiger partial charge on any atom is 0.257 e. The van der Waals surface area contributed by atoms with Crippen molar-refractivity contribution >= 4 is 51.1 Å². The zero-order valence-electron chi connectivity index (χ0n) is 12.3. The first-order valence-electron chi connectivity index (χ1n) is 6.81. The number of hydrogen-bond donors (Lipinski definition) is 1. The van der Waals surface area contributed by atoms with Crippen LogP contribution in [0, 0.1) is 8.80 Å². The van der Waals surface area contributed by atoms with Crippen LogP contribution in [0.15, 0.2) is 41.8 Å². The number of benzene rings is 1. The maximum absolute atomic E-state index is 12.4. The molecule has 0 atom stereocenters. The summed E-state index contributed by atoms with van der Waals surface area (Å²) < 4.78 is 1.01. The van der Waals surface area contributed by atoms with Crippen LogP contribution in [0.5, 0.6) is 0 Å². The Balaban J connectivity index is 2.29. The summed E-state index contributed by atoms with van der Waals surface area (Å²) in [5, 5.41) is 4.97. The second-order valence-corrected chi connectivity index (χ2v) is 7.93. The van der Waals surface area contributed by atoms with Crippen molar-refractivity contribution in [1.82, 2.24) is 0 Å². The Hall–Kier alpha value is -1.14. The first-order chi connectivity index (χ1) is 9.99. The van der Waals surface area contributed by atoms with E-state index in [0.717, 1.165) is 19.7 Å². The van der Waals surface area contributed by atoms with Gasteiger partial charge in [0.15, 0.2) is 0 Å². The van der Waals surface area contributed by atoms with Crippen molar-refractivity contribution in [1.29, 1.82) is 0 Å². The molecule has 0 unspecified atom stereocenters. The fraction of sp³-hybridized carbons (Fsp3) is 0.235. The zero-order chi connectivity index (χ0) is 15.4. The minimum absolute atomic E-state index is 0.0505. The van der Waals surface area contributed by atoms with Crippen LogP contribution in [0.2, 0.25) is 0 Å². The molecule has 2 rings (SSSR count). The van der Waals surface area contributed by atoms with Crippen molar-refractivity contribution in [3.8, 4) is 0 Å². The smallest absolute Gasteiger partial charge is 0.257 e. The third-order valence-corrected chi connectivity index (χ3v) is 5.09. The van der Waals surface area contributed by atoms with Crippen LogP contribution in [-0.2, 0) is 0 Å². The summed E-state index contributed by atoms with van der Waals surface area (Å²) in [5.41, 5.74) is 3.85. The largest absolute Gasteiger partial charge is 0.321 e.